The molecule has 0 aromatic heterocycles. The zero-order valence-corrected chi connectivity index (χ0v) is 12.0. The SMILES string of the molecule is CC1CC(C(=O)N2CCc3ccccc3C2C(=O)O)CO1. The van der Waals surface area contributed by atoms with E-state index in [-0.39, 0.29) is 17.9 Å². The number of carbonyl (C=O) groups is 2. The lowest BCUT2D eigenvalue weighted by molar-refractivity contribution is -0.153. The first-order valence-corrected chi connectivity index (χ1v) is 7.30. The molecular weight excluding hydrogens is 270 g/mol. The van der Waals surface area contributed by atoms with Gasteiger partial charge in [-0.2, -0.15) is 0 Å². The number of nitrogens with zero attached hydrogens (tertiary/aromatic N) is 1. The number of carbonyl (C=O) groups excluding carboxylic acids is 1. The van der Waals surface area contributed by atoms with E-state index in [0.29, 0.717) is 26.0 Å². The Morgan fingerprint density at radius 2 is 2.10 bits per heavy atom. The van der Waals surface area contributed by atoms with Gasteiger partial charge in [0.1, 0.15) is 0 Å². The van der Waals surface area contributed by atoms with Crippen LogP contribution in [0.15, 0.2) is 24.3 Å². The van der Waals surface area contributed by atoms with E-state index in [0.717, 1.165) is 11.1 Å². The minimum absolute atomic E-state index is 0.0688. The third-order valence-corrected chi connectivity index (χ3v) is 4.35. The van der Waals surface area contributed by atoms with Crippen molar-refractivity contribution in [2.75, 3.05) is 13.2 Å². The molecule has 1 aromatic carbocycles. The number of benzene rings is 1. The van der Waals surface area contributed by atoms with Crippen LogP contribution >= 0.6 is 0 Å². The predicted molar refractivity (Wildman–Crippen MR) is 75.8 cm³/mol. The Kier molecular flexibility index (Phi) is 3.68. The van der Waals surface area contributed by atoms with Crippen molar-refractivity contribution in [3.05, 3.63) is 35.4 Å². The summed E-state index contributed by atoms with van der Waals surface area (Å²) in [6.07, 6.45) is 1.44. The molecule has 3 atom stereocenters. The lowest BCUT2D eigenvalue weighted by Gasteiger charge is -2.36. The standard InChI is InChI=1S/C16H19NO4/c1-10-8-12(9-21-10)15(18)17-7-6-11-4-2-3-5-13(11)14(17)16(19)20/h2-5,10,12,14H,6-9H2,1H3,(H,19,20). The van der Waals surface area contributed by atoms with Crippen molar-refractivity contribution < 1.29 is 19.4 Å². The van der Waals surface area contributed by atoms with E-state index in [4.69, 9.17) is 4.74 Å². The number of carboxylic acid groups (broad SMARTS) is 1. The number of carboxylic acids is 1. The average Bonchev–Trinajstić information content (AvgIpc) is 2.91. The minimum Gasteiger partial charge on any atom is -0.479 e. The maximum absolute atomic E-state index is 12.7. The number of amides is 1. The van der Waals surface area contributed by atoms with E-state index in [2.05, 4.69) is 0 Å². The van der Waals surface area contributed by atoms with Crippen molar-refractivity contribution in [2.45, 2.75) is 31.9 Å². The third-order valence-electron chi connectivity index (χ3n) is 4.35. The zero-order valence-electron chi connectivity index (χ0n) is 12.0. The number of hydrogen-bond donors (Lipinski definition) is 1. The van der Waals surface area contributed by atoms with Gasteiger partial charge < -0.3 is 14.7 Å². The quantitative estimate of drug-likeness (QED) is 0.898. The molecule has 2 aliphatic rings. The number of aliphatic carboxylic acids is 1. The van der Waals surface area contributed by atoms with Gasteiger partial charge in [0.15, 0.2) is 6.04 Å². The second kappa shape index (κ2) is 5.48. The first-order valence-electron chi connectivity index (χ1n) is 7.30. The largest absolute Gasteiger partial charge is 0.479 e. The van der Waals surface area contributed by atoms with Crippen LogP contribution in [0.4, 0.5) is 0 Å². The molecule has 1 amide bonds. The lowest BCUT2D eigenvalue weighted by atomic mass is 9.91. The van der Waals surface area contributed by atoms with E-state index in [1.807, 2.05) is 25.1 Å². The molecule has 112 valence electrons. The highest BCUT2D eigenvalue weighted by atomic mass is 16.5. The second-order valence-electron chi connectivity index (χ2n) is 5.80. The van der Waals surface area contributed by atoms with E-state index < -0.39 is 12.0 Å². The molecule has 0 radical (unpaired) electrons. The number of hydrogen-bond acceptors (Lipinski definition) is 3. The summed E-state index contributed by atoms with van der Waals surface area (Å²) in [5.74, 6) is -1.28. The van der Waals surface area contributed by atoms with Crippen LogP contribution in [0.2, 0.25) is 0 Å². The highest BCUT2D eigenvalue weighted by Gasteiger charge is 2.40. The van der Waals surface area contributed by atoms with Gasteiger partial charge >= 0.3 is 5.97 Å². The number of ether oxygens (including phenoxy) is 1. The smallest absolute Gasteiger partial charge is 0.331 e. The van der Waals surface area contributed by atoms with Crippen LogP contribution < -0.4 is 0 Å². The molecule has 1 aromatic rings. The Morgan fingerprint density at radius 3 is 2.76 bits per heavy atom. The summed E-state index contributed by atoms with van der Waals surface area (Å²) in [4.78, 5) is 25.8. The van der Waals surface area contributed by atoms with E-state index in [1.165, 1.54) is 4.90 Å². The Morgan fingerprint density at radius 1 is 1.33 bits per heavy atom. The minimum atomic E-state index is -0.970. The van der Waals surface area contributed by atoms with Crippen molar-refractivity contribution in [1.82, 2.24) is 4.90 Å². The van der Waals surface area contributed by atoms with E-state index >= 15 is 0 Å². The lowest BCUT2D eigenvalue weighted by Crippen LogP contribution is -2.46. The Labute approximate surface area is 123 Å². The van der Waals surface area contributed by atoms with Crippen LogP contribution in [-0.4, -0.2) is 41.1 Å². The molecule has 21 heavy (non-hydrogen) atoms. The average molecular weight is 289 g/mol. The molecule has 5 nitrogen and oxygen atoms in total. The molecule has 2 heterocycles. The first-order chi connectivity index (χ1) is 10.1. The van der Waals surface area contributed by atoms with Gasteiger partial charge in [0.05, 0.1) is 18.6 Å². The summed E-state index contributed by atoms with van der Waals surface area (Å²) in [6.45, 7) is 2.79. The van der Waals surface area contributed by atoms with Crippen LogP contribution in [-0.2, 0) is 20.7 Å². The van der Waals surface area contributed by atoms with Crippen LogP contribution in [0.3, 0.4) is 0 Å². The van der Waals surface area contributed by atoms with Gasteiger partial charge in [-0.05, 0) is 30.9 Å². The van der Waals surface area contributed by atoms with Gasteiger partial charge in [0, 0.05) is 6.54 Å². The Balaban J connectivity index is 1.89. The Bertz CT molecular complexity index is 571. The summed E-state index contributed by atoms with van der Waals surface area (Å²) < 4.78 is 5.45. The zero-order chi connectivity index (χ0) is 15.0. The van der Waals surface area contributed by atoms with Crippen molar-refractivity contribution in [3.63, 3.8) is 0 Å². The van der Waals surface area contributed by atoms with Crippen molar-refractivity contribution in [2.24, 2.45) is 5.92 Å². The van der Waals surface area contributed by atoms with E-state index in [1.54, 1.807) is 6.07 Å². The van der Waals surface area contributed by atoms with Crippen LogP contribution in [0, 0.1) is 5.92 Å². The maximum atomic E-state index is 12.7. The molecule has 2 aliphatic heterocycles. The molecule has 0 spiro atoms. The van der Waals surface area contributed by atoms with Gasteiger partial charge in [-0.15, -0.1) is 0 Å². The summed E-state index contributed by atoms with van der Waals surface area (Å²) >= 11 is 0. The fraction of sp³-hybridized carbons (Fsp3) is 0.500. The highest BCUT2D eigenvalue weighted by Crippen LogP contribution is 2.32. The third kappa shape index (κ3) is 2.53. The molecule has 1 saturated heterocycles. The molecule has 1 N–H and O–H groups in total. The van der Waals surface area contributed by atoms with Gasteiger partial charge in [-0.1, -0.05) is 24.3 Å². The fourth-order valence-corrected chi connectivity index (χ4v) is 3.29. The molecule has 3 unspecified atom stereocenters. The predicted octanol–water partition coefficient (Wildman–Crippen LogP) is 1.62. The maximum Gasteiger partial charge on any atom is 0.331 e. The summed E-state index contributed by atoms with van der Waals surface area (Å²) in [6, 6.07) is 6.60. The van der Waals surface area contributed by atoms with E-state index in [9.17, 15) is 14.7 Å². The van der Waals surface area contributed by atoms with Crippen LogP contribution in [0.1, 0.15) is 30.5 Å². The molecule has 0 aliphatic carbocycles. The van der Waals surface area contributed by atoms with Gasteiger partial charge in [-0.3, -0.25) is 4.79 Å². The fourth-order valence-electron chi connectivity index (χ4n) is 3.29. The second-order valence-corrected chi connectivity index (χ2v) is 5.80. The molecule has 1 fully saturated rings. The summed E-state index contributed by atoms with van der Waals surface area (Å²) in [5, 5.41) is 9.57. The molecule has 0 saturated carbocycles. The first kappa shape index (κ1) is 14.1. The monoisotopic (exact) mass is 289 g/mol. The molecule has 3 rings (SSSR count). The normalized spacial score (nSPS) is 28.2. The van der Waals surface area contributed by atoms with Gasteiger partial charge in [0.25, 0.3) is 0 Å². The highest BCUT2D eigenvalue weighted by molar-refractivity contribution is 5.87. The summed E-state index contributed by atoms with van der Waals surface area (Å²) in [7, 11) is 0. The Hall–Kier alpha value is -1.88. The van der Waals surface area contributed by atoms with Crippen LogP contribution in [0.25, 0.3) is 0 Å². The molecular formula is C16H19NO4. The van der Waals surface area contributed by atoms with Crippen molar-refractivity contribution in [1.29, 1.82) is 0 Å². The topological polar surface area (TPSA) is 66.8 Å². The van der Waals surface area contributed by atoms with Crippen LogP contribution in [0.5, 0.6) is 0 Å². The number of fused-ring (bicyclic) bond motifs is 1. The molecule has 0 bridgehead atoms. The van der Waals surface area contributed by atoms with Gasteiger partial charge in [0.2, 0.25) is 5.91 Å². The van der Waals surface area contributed by atoms with Crippen molar-refractivity contribution >= 4 is 11.9 Å². The number of rotatable bonds is 2. The van der Waals surface area contributed by atoms with Gasteiger partial charge in [-0.25, -0.2) is 4.79 Å². The summed E-state index contributed by atoms with van der Waals surface area (Å²) in [5.41, 5.74) is 1.75. The molecule has 5 heteroatoms. The van der Waals surface area contributed by atoms with Crippen molar-refractivity contribution in [3.8, 4) is 0 Å².